The molecule has 2 unspecified atom stereocenters. The van der Waals surface area contributed by atoms with Crippen LogP contribution < -0.4 is 5.32 Å². The van der Waals surface area contributed by atoms with Crippen LogP contribution in [0.2, 0.25) is 0 Å². The van der Waals surface area contributed by atoms with E-state index in [0.29, 0.717) is 12.8 Å². The van der Waals surface area contributed by atoms with Crippen molar-refractivity contribution >= 4 is 5.91 Å². The SMILES string of the molecule is CCCCCCCCCCCCCCCCCCCCCCCCCCCCCC(=O)NC(CO)C(O)CCCCCCCCCCCCCCCCCCCCCCCCCCCCC. The standard InChI is InChI=1S/C62H125NO3/c1-3-5-7-9-11-13-15-17-19-21-23-25-27-29-31-33-35-37-39-41-43-45-47-49-51-53-55-57-61(65)60(59-64)63-62(66)58-56-54-52-50-48-46-44-42-40-38-36-34-32-30-28-26-24-22-20-18-16-14-12-10-8-6-4-2/h60-61,64-65H,3-59H2,1-2H3,(H,63,66). The van der Waals surface area contributed by atoms with Gasteiger partial charge >= 0.3 is 0 Å². The second-order valence-corrected chi connectivity index (χ2v) is 21.8. The normalized spacial score (nSPS) is 12.6. The van der Waals surface area contributed by atoms with Crippen LogP contribution in [-0.4, -0.2) is 34.9 Å². The van der Waals surface area contributed by atoms with Crippen LogP contribution in [0.1, 0.15) is 373 Å². The van der Waals surface area contributed by atoms with E-state index < -0.39 is 12.1 Å². The van der Waals surface area contributed by atoms with Gasteiger partial charge in [0.05, 0.1) is 18.8 Å². The Morgan fingerprint density at radius 1 is 0.303 bits per heavy atom. The summed E-state index contributed by atoms with van der Waals surface area (Å²) >= 11 is 0. The molecule has 0 aliphatic rings. The fourth-order valence-corrected chi connectivity index (χ4v) is 10.4. The number of rotatable bonds is 59. The van der Waals surface area contributed by atoms with Crippen molar-refractivity contribution in [1.29, 1.82) is 0 Å². The second kappa shape index (κ2) is 58.7. The maximum atomic E-state index is 12.5. The van der Waals surface area contributed by atoms with Gasteiger partial charge in [-0.1, -0.05) is 354 Å². The zero-order chi connectivity index (χ0) is 47.7. The molecule has 0 aromatic carbocycles. The van der Waals surface area contributed by atoms with E-state index in [9.17, 15) is 15.0 Å². The van der Waals surface area contributed by atoms with Crippen LogP contribution in [0, 0.1) is 0 Å². The minimum atomic E-state index is -0.656. The number of hydrogen-bond acceptors (Lipinski definition) is 3. The lowest BCUT2D eigenvalue weighted by Crippen LogP contribution is -2.45. The van der Waals surface area contributed by atoms with Crippen molar-refractivity contribution in [3.8, 4) is 0 Å². The molecule has 0 fully saturated rings. The lowest BCUT2D eigenvalue weighted by atomic mass is 10.0. The number of aliphatic hydroxyl groups is 2. The summed E-state index contributed by atoms with van der Waals surface area (Å²) in [7, 11) is 0. The van der Waals surface area contributed by atoms with E-state index in [1.165, 1.54) is 321 Å². The average Bonchev–Trinajstić information content (AvgIpc) is 3.32. The molecule has 0 aliphatic carbocycles. The van der Waals surface area contributed by atoms with Crippen molar-refractivity contribution in [2.75, 3.05) is 6.61 Å². The molecule has 0 aromatic heterocycles. The molecule has 0 saturated heterocycles. The van der Waals surface area contributed by atoms with Gasteiger partial charge in [-0.25, -0.2) is 0 Å². The molecule has 1 amide bonds. The molecule has 0 heterocycles. The van der Waals surface area contributed by atoms with Crippen LogP contribution in [0.3, 0.4) is 0 Å². The van der Waals surface area contributed by atoms with E-state index in [4.69, 9.17) is 0 Å². The van der Waals surface area contributed by atoms with Crippen molar-refractivity contribution in [1.82, 2.24) is 5.32 Å². The second-order valence-electron chi connectivity index (χ2n) is 21.8. The largest absolute Gasteiger partial charge is 0.394 e. The molecular formula is C62H125NO3. The van der Waals surface area contributed by atoms with Gasteiger partial charge in [0.25, 0.3) is 0 Å². The third kappa shape index (κ3) is 54.3. The fourth-order valence-electron chi connectivity index (χ4n) is 10.4. The summed E-state index contributed by atoms with van der Waals surface area (Å²) in [6.07, 6.45) is 75.5. The van der Waals surface area contributed by atoms with Crippen LogP contribution in [0.4, 0.5) is 0 Å². The summed E-state index contributed by atoms with van der Waals surface area (Å²) in [5.41, 5.74) is 0. The van der Waals surface area contributed by atoms with E-state index in [1.807, 2.05) is 0 Å². The van der Waals surface area contributed by atoms with Crippen molar-refractivity contribution < 1.29 is 15.0 Å². The number of carbonyl (C=O) groups is 1. The van der Waals surface area contributed by atoms with Gasteiger partial charge in [-0.3, -0.25) is 4.79 Å². The number of carbonyl (C=O) groups excluding carboxylic acids is 1. The Bertz CT molecular complexity index is 879. The monoisotopic (exact) mass is 932 g/mol. The minimum absolute atomic E-state index is 0.0205. The molecule has 0 bridgehead atoms. The zero-order valence-corrected chi connectivity index (χ0v) is 45.8. The van der Waals surface area contributed by atoms with E-state index >= 15 is 0 Å². The number of amides is 1. The Balaban J connectivity index is 3.38. The van der Waals surface area contributed by atoms with Crippen LogP contribution in [0.25, 0.3) is 0 Å². The third-order valence-electron chi connectivity index (χ3n) is 15.1. The number of nitrogens with one attached hydrogen (secondary N) is 1. The van der Waals surface area contributed by atoms with E-state index in [2.05, 4.69) is 19.2 Å². The quantitative estimate of drug-likeness (QED) is 0.0532. The van der Waals surface area contributed by atoms with E-state index in [-0.39, 0.29) is 12.5 Å². The number of unbranched alkanes of at least 4 members (excludes halogenated alkanes) is 52. The zero-order valence-electron chi connectivity index (χ0n) is 45.8. The number of hydrogen-bond donors (Lipinski definition) is 3. The van der Waals surface area contributed by atoms with Crippen LogP contribution in [0.15, 0.2) is 0 Å². The third-order valence-corrected chi connectivity index (χ3v) is 15.1. The summed E-state index contributed by atoms with van der Waals surface area (Å²) in [5, 5.41) is 23.4. The molecule has 396 valence electrons. The number of aliphatic hydroxyl groups excluding tert-OH is 2. The maximum Gasteiger partial charge on any atom is 0.220 e. The van der Waals surface area contributed by atoms with Gasteiger partial charge in [0.15, 0.2) is 0 Å². The van der Waals surface area contributed by atoms with Gasteiger partial charge in [0.2, 0.25) is 5.91 Å². The Hall–Kier alpha value is -0.610. The van der Waals surface area contributed by atoms with E-state index in [0.717, 1.165) is 25.7 Å². The van der Waals surface area contributed by atoms with Gasteiger partial charge in [0, 0.05) is 6.42 Å². The smallest absolute Gasteiger partial charge is 0.220 e. The average molecular weight is 933 g/mol. The van der Waals surface area contributed by atoms with Crippen molar-refractivity contribution in [3.05, 3.63) is 0 Å². The molecule has 0 saturated carbocycles. The highest BCUT2D eigenvalue weighted by Gasteiger charge is 2.20. The van der Waals surface area contributed by atoms with Gasteiger partial charge in [-0.2, -0.15) is 0 Å². The topological polar surface area (TPSA) is 69.6 Å². The highest BCUT2D eigenvalue weighted by Crippen LogP contribution is 2.19. The van der Waals surface area contributed by atoms with Gasteiger partial charge < -0.3 is 15.5 Å². The summed E-state index contributed by atoms with van der Waals surface area (Å²) in [4.78, 5) is 12.5. The maximum absolute atomic E-state index is 12.5. The molecule has 0 rings (SSSR count). The predicted octanol–water partition coefficient (Wildman–Crippen LogP) is 20.7. The molecule has 0 aliphatic heterocycles. The molecule has 0 aromatic rings. The Kier molecular flexibility index (Phi) is 58.2. The Morgan fingerprint density at radius 3 is 0.682 bits per heavy atom. The Labute approximate surface area is 416 Å². The summed E-state index contributed by atoms with van der Waals surface area (Å²) in [6, 6.07) is -0.532. The predicted molar refractivity (Wildman–Crippen MR) is 295 cm³/mol. The summed E-state index contributed by atoms with van der Waals surface area (Å²) in [6.45, 7) is 4.42. The van der Waals surface area contributed by atoms with Crippen molar-refractivity contribution in [2.45, 2.75) is 386 Å². The molecular weight excluding hydrogens is 807 g/mol. The summed E-state index contributed by atoms with van der Waals surface area (Å²) < 4.78 is 0. The lowest BCUT2D eigenvalue weighted by Gasteiger charge is -2.22. The highest BCUT2D eigenvalue weighted by atomic mass is 16.3. The van der Waals surface area contributed by atoms with Gasteiger partial charge in [-0.05, 0) is 12.8 Å². The van der Waals surface area contributed by atoms with Gasteiger partial charge in [0.1, 0.15) is 0 Å². The molecule has 2 atom stereocenters. The highest BCUT2D eigenvalue weighted by molar-refractivity contribution is 5.76. The van der Waals surface area contributed by atoms with Crippen molar-refractivity contribution in [3.63, 3.8) is 0 Å². The van der Waals surface area contributed by atoms with E-state index in [1.54, 1.807) is 0 Å². The van der Waals surface area contributed by atoms with Crippen LogP contribution in [-0.2, 0) is 4.79 Å². The minimum Gasteiger partial charge on any atom is -0.394 e. The summed E-state index contributed by atoms with van der Waals surface area (Å²) in [5.74, 6) is -0.0205. The lowest BCUT2D eigenvalue weighted by molar-refractivity contribution is -0.123. The first kappa shape index (κ1) is 65.4. The Morgan fingerprint density at radius 2 is 0.485 bits per heavy atom. The van der Waals surface area contributed by atoms with Crippen molar-refractivity contribution in [2.24, 2.45) is 0 Å². The molecule has 3 N–H and O–H groups in total. The molecule has 4 nitrogen and oxygen atoms in total. The molecule has 66 heavy (non-hydrogen) atoms. The first-order valence-corrected chi connectivity index (χ1v) is 31.2. The molecule has 4 heteroatoms. The molecule has 0 spiro atoms. The molecule has 0 radical (unpaired) electrons. The fraction of sp³-hybridized carbons (Fsp3) is 0.984. The van der Waals surface area contributed by atoms with Gasteiger partial charge in [-0.15, -0.1) is 0 Å². The van der Waals surface area contributed by atoms with Crippen LogP contribution in [0.5, 0.6) is 0 Å². The van der Waals surface area contributed by atoms with Crippen LogP contribution >= 0.6 is 0 Å². The first-order valence-electron chi connectivity index (χ1n) is 31.2. The first-order chi connectivity index (χ1) is 32.7.